The van der Waals surface area contributed by atoms with Crippen LogP contribution in [-0.2, 0) is 9.53 Å². The van der Waals surface area contributed by atoms with Crippen LogP contribution in [0.1, 0.15) is 68.0 Å². The average molecular weight is 502 g/mol. The van der Waals surface area contributed by atoms with Crippen LogP contribution in [0.15, 0.2) is 24.7 Å². The Morgan fingerprint density at radius 3 is 2.58 bits per heavy atom. The van der Waals surface area contributed by atoms with Crippen molar-refractivity contribution in [1.82, 2.24) is 24.4 Å². The van der Waals surface area contributed by atoms with Crippen LogP contribution in [0.2, 0.25) is 0 Å². The first-order valence-corrected chi connectivity index (χ1v) is 12.2. The molecule has 1 aliphatic heterocycles. The van der Waals surface area contributed by atoms with Gasteiger partial charge in [0, 0.05) is 31.4 Å². The van der Waals surface area contributed by atoms with Gasteiger partial charge in [-0.05, 0) is 45.6 Å². The number of hydrogen-bond acceptors (Lipinski definition) is 7. The van der Waals surface area contributed by atoms with E-state index >= 15 is 0 Å². The third-order valence-corrected chi connectivity index (χ3v) is 6.87. The molecule has 1 N–H and O–H groups in total. The van der Waals surface area contributed by atoms with Crippen LogP contribution in [-0.4, -0.2) is 61.9 Å². The molecule has 0 spiro atoms. The van der Waals surface area contributed by atoms with Crippen molar-refractivity contribution in [3.8, 4) is 0 Å². The second-order valence-electron chi connectivity index (χ2n) is 9.64. The normalized spacial score (nSPS) is 24.9. The number of alkyl halides is 2. The Balaban J connectivity index is 1.38. The number of carbonyl (C=O) groups is 2. The average Bonchev–Trinajstić information content (AvgIpc) is 3.47. The Morgan fingerprint density at radius 1 is 1.19 bits per heavy atom. The summed E-state index contributed by atoms with van der Waals surface area (Å²) in [4.78, 5) is 30.9. The first-order chi connectivity index (χ1) is 17.3. The van der Waals surface area contributed by atoms with Crippen LogP contribution >= 0.6 is 0 Å². The van der Waals surface area contributed by atoms with E-state index in [0.717, 1.165) is 6.29 Å². The van der Waals surface area contributed by atoms with Crippen molar-refractivity contribution in [3.63, 3.8) is 0 Å². The Kier molecular flexibility index (Phi) is 6.69. The maximum absolute atomic E-state index is 13.8. The highest BCUT2D eigenvalue weighted by molar-refractivity contribution is 6.08. The molecule has 4 heterocycles. The third kappa shape index (κ3) is 4.81. The van der Waals surface area contributed by atoms with Gasteiger partial charge >= 0.3 is 0 Å². The Morgan fingerprint density at radius 2 is 1.92 bits per heavy atom. The molecule has 1 amide bonds. The second-order valence-corrected chi connectivity index (χ2v) is 9.64. The van der Waals surface area contributed by atoms with Crippen molar-refractivity contribution < 1.29 is 23.1 Å². The Bertz CT molecular complexity index is 1240. The molecule has 1 aliphatic carbocycles. The molecule has 3 aromatic heterocycles. The molecule has 0 aromatic carbocycles. The molecule has 0 unspecified atom stereocenters. The molecule has 192 valence electrons. The standard InChI is InChI=1S/C24H29F2N7O3/c1-14-10-31(11-15(2)36-14)20-7-8-32-23(29-20)18(9-27-32)24(35)28-19-12-33(30-21(19)22(25)26)17-5-3-16(13-34)4-6-17/h7-9,12-17,22H,3-6,10-11H2,1-2H3,(H,28,35)/t14-,15-,16?,17?/m1/s1. The summed E-state index contributed by atoms with van der Waals surface area (Å²) < 4.78 is 36.3. The van der Waals surface area contributed by atoms with Gasteiger partial charge in [0.25, 0.3) is 12.3 Å². The van der Waals surface area contributed by atoms with Crippen molar-refractivity contribution in [1.29, 1.82) is 0 Å². The molecular weight excluding hydrogens is 472 g/mol. The monoisotopic (exact) mass is 501 g/mol. The predicted octanol–water partition coefficient (Wildman–Crippen LogP) is 3.66. The maximum Gasteiger partial charge on any atom is 0.284 e. The first kappa shape index (κ1) is 24.3. The number of halogens is 2. The highest BCUT2D eigenvalue weighted by Crippen LogP contribution is 2.34. The number of rotatable bonds is 6. The number of aldehydes is 1. The minimum Gasteiger partial charge on any atom is -0.372 e. The van der Waals surface area contributed by atoms with Crippen molar-refractivity contribution in [3.05, 3.63) is 35.9 Å². The topological polar surface area (TPSA) is 107 Å². The summed E-state index contributed by atoms with van der Waals surface area (Å²) in [7, 11) is 0. The SMILES string of the molecule is C[C@@H]1CN(c2ccn3ncc(C(=O)Nc4cn(C5CCC(C=O)CC5)nc4C(F)F)c3n2)C[C@@H](C)O1. The summed E-state index contributed by atoms with van der Waals surface area (Å²) >= 11 is 0. The van der Waals surface area contributed by atoms with Gasteiger partial charge in [0.05, 0.1) is 30.1 Å². The van der Waals surface area contributed by atoms with Gasteiger partial charge in [-0.1, -0.05) is 0 Å². The van der Waals surface area contributed by atoms with Gasteiger partial charge in [-0.25, -0.2) is 18.3 Å². The van der Waals surface area contributed by atoms with E-state index in [4.69, 9.17) is 4.74 Å². The van der Waals surface area contributed by atoms with Crippen LogP contribution in [0.5, 0.6) is 0 Å². The van der Waals surface area contributed by atoms with E-state index in [-0.39, 0.29) is 35.4 Å². The van der Waals surface area contributed by atoms with Crippen LogP contribution < -0.4 is 10.2 Å². The van der Waals surface area contributed by atoms with Gasteiger partial charge < -0.3 is 19.7 Å². The summed E-state index contributed by atoms with van der Waals surface area (Å²) in [6.07, 6.45) is 5.44. The van der Waals surface area contributed by atoms with Crippen LogP contribution in [0.25, 0.3) is 5.65 Å². The van der Waals surface area contributed by atoms with Crippen LogP contribution in [0.3, 0.4) is 0 Å². The number of ether oxygens (including phenoxy) is 1. The minimum absolute atomic E-state index is 0.00227. The summed E-state index contributed by atoms with van der Waals surface area (Å²) in [6, 6.07) is 1.73. The van der Waals surface area contributed by atoms with E-state index in [1.807, 2.05) is 19.9 Å². The quantitative estimate of drug-likeness (QED) is 0.514. The summed E-state index contributed by atoms with van der Waals surface area (Å²) in [5, 5.41) is 10.9. The lowest BCUT2D eigenvalue weighted by molar-refractivity contribution is -0.112. The molecule has 5 rings (SSSR count). The van der Waals surface area contributed by atoms with Gasteiger partial charge in [-0.3, -0.25) is 9.48 Å². The van der Waals surface area contributed by atoms with Crippen LogP contribution in [0.4, 0.5) is 20.3 Å². The number of hydrogen-bond donors (Lipinski definition) is 1. The van der Waals surface area contributed by atoms with Crippen molar-refractivity contribution in [2.75, 3.05) is 23.3 Å². The van der Waals surface area contributed by atoms with Crippen molar-refractivity contribution in [2.24, 2.45) is 5.92 Å². The zero-order chi connectivity index (χ0) is 25.4. The van der Waals surface area contributed by atoms with Gasteiger partial charge in [0.2, 0.25) is 0 Å². The number of aromatic nitrogens is 5. The first-order valence-electron chi connectivity index (χ1n) is 12.2. The molecule has 0 bridgehead atoms. The lowest BCUT2D eigenvalue weighted by Crippen LogP contribution is -2.45. The van der Waals surface area contributed by atoms with Crippen molar-refractivity contribution >= 4 is 29.3 Å². The summed E-state index contributed by atoms with van der Waals surface area (Å²) in [6.45, 7) is 5.31. The Hall–Kier alpha value is -3.41. The second kappa shape index (κ2) is 9.92. The highest BCUT2D eigenvalue weighted by atomic mass is 19.3. The molecule has 1 saturated heterocycles. The van der Waals surface area contributed by atoms with Gasteiger partial charge in [0.1, 0.15) is 17.7 Å². The third-order valence-electron chi connectivity index (χ3n) is 6.87. The van der Waals surface area contributed by atoms with E-state index in [1.54, 1.807) is 6.20 Å². The molecule has 2 fully saturated rings. The van der Waals surface area contributed by atoms with E-state index in [0.29, 0.717) is 50.2 Å². The van der Waals surface area contributed by atoms with E-state index < -0.39 is 18.0 Å². The molecule has 2 aliphatic rings. The van der Waals surface area contributed by atoms with Gasteiger partial charge in [0.15, 0.2) is 11.3 Å². The number of carbonyl (C=O) groups excluding carboxylic acids is 2. The highest BCUT2D eigenvalue weighted by Gasteiger charge is 2.28. The molecule has 36 heavy (non-hydrogen) atoms. The molecular formula is C24H29F2N7O3. The lowest BCUT2D eigenvalue weighted by Gasteiger charge is -2.36. The smallest absolute Gasteiger partial charge is 0.284 e. The van der Waals surface area contributed by atoms with Gasteiger partial charge in [-0.15, -0.1) is 0 Å². The zero-order valence-corrected chi connectivity index (χ0v) is 20.2. The number of amides is 1. The number of anilines is 2. The number of fused-ring (bicyclic) bond motifs is 1. The fraction of sp³-hybridized carbons (Fsp3) is 0.542. The Labute approximate surface area is 206 Å². The zero-order valence-electron chi connectivity index (χ0n) is 20.2. The molecule has 1 saturated carbocycles. The lowest BCUT2D eigenvalue weighted by atomic mass is 9.87. The predicted molar refractivity (Wildman–Crippen MR) is 127 cm³/mol. The largest absolute Gasteiger partial charge is 0.372 e. The fourth-order valence-corrected chi connectivity index (χ4v) is 5.10. The number of nitrogens with zero attached hydrogens (tertiary/aromatic N) is 6. The van der Waals surface area contributed by atoms with Crippen molar-refractivity contribution in [2.45, 2.75) is 64.2 Å². The van der Waals surface area contributed by atoms with E-state index in [2.05, 4.69) is 25.4 Å². The number of nitrogens with one attached hydrogen (secondary N) is 1. The van der Waals surface area contributed by atoms with E-state index in [1.165, 1.54) is 21.6 Å². The molecule has 3 aromatic rings. The van der Waals surface area contributed by atoms with Crippen LogP contribution in [0, 0.1) is 5.92 Å². The minimum atomic E-state index is -2.85. The summed E-state index contributed by atoms with van der Waals surface area (Å²) in [5.41, 5.74) is -0.0262. The fourth-order valence-electron chi connectivity index (χ4n) is 5.10. The molecule has 12 heteroatoms. The molecule has 10 nitrogen and oxygen atoms in total. The maximum atomic E-state index is 13.8. The van der Waals surface area contributed by atoms with Gasteiger partial charge in [-0.2, -0.15) is 10.2 Å². The molecule has 0 radical (unpaired) electrons. The number of morpholine rings is 1. The summed E-state index contributed by atoms with van der Waals surface area (Å²) in [5.74, 6) is 0.0954. The van der Waals surface area contributed by atoms with E-state index in [9.17, 15) is 18.4 Å². The molecule has 2 atom stereocenters.